The van der Waals surface area contributed by atoms with Crippen molar-refractivity contribution < 1.29 is 0 Å². The number of piperidine rings is 2. The molecule has 2 fully saturated rings. The van der Waals surface area contributed by atoms with Crippen molar-refractivity contribution in [3.05, 3.63) is 0 Å². The van der Waals surface area contributed by atoms with Crippen LogP contribution in [0.2, 0.25) is 0 Å². The smallest absolute Gasteiger partial charge is 0.188 e. The second kappa shape index (κ2) is 9.27. The summed E-state index contributed by atoms with van der Waals surface area (Å²) >= 11 is 0. The van der Waals surface area contributed by atoms with Crippen LogP contribution in [0.3, 0.4) is 0 Å². The number of nitrogens with one attached hydrogen (secondary N) is 1. The molecule has 22 heavy (non-hydrogen) atoms. The van der Waals surface area contributed by atoms with E-state index in [1.807, 2.05) is 0 Å². The molecule has 0 aromatic heterocycles. The first-order valence-corrected chi connectivity index (χ1v) is 8.52. The summed E-state index contributed by atoms with van der Waals surface area (Å²) in [5.41, 5.74) is 6.25. The summed E-state index contributed by atoms with van der Waals surface area (Å²) in [6.07, 6.45) is 6.47. The lowest BCUT2D eigenvalue weighted by Gasteiger charge is -2.49. The maximum atomic E-state index is 6.02. The maximum absolute atomic E-state index is 6.02. The minimum Gasteiger partial charge on any atom is -0.370 e. The lowest BCUT2D eigenvalue weighted by Crippen LogP contribution is -2.58. The Labute approximate surface area is 153 Å². The van der Waals surface area contributed by atoms with Gasteiger partial charge in [-0.25, -0.2) is 0 Å². The van der Waals surface area contributed by atoms with E-state index in [-0.39, 0.29) is 29.5 Å². The molecule has 2 aliphatic heterocycles. The van der Waals surface area contributed by atoms with E-state index in [1.165, 1.54) is 58.3 Å². The van der Waals surface area contributed by atoms with Gasteiger partial charge in [-0.1, -0.05) is 6.42 Å². The number of likely N-dealkylation sites (tertiary alicyclic amines) is 2. The predicted octanol–water partition coefficient (Wildman–Crippen LogP) is 1.87. The van der Waals surface area contributed by atoms with Gasteiger partial charge in [-0.05, 0) is 72.8 Å². The van der Waals surface area contributed by atoms with Gasteiger partial charge in [-0.2, -0.15) is 0 Å². The summed E-state index contributed by atoms with van der Waals surface area (Å²) in [4.78, 5) is 9.82. The molecular weight excluding hydrogens is 389 g/mol. The van der Waals surface area contributed by atoms with Crippen LogP contribution >= 0.6 is 24.0 Å². The second-order valence-corrected chi connectivity index (χ2v) is 7.08. The summed E-state index contributed by atoms with van der Waals surface area (Å²) in [7, 11) is 2.22. The zero-order chi connectivity index (χ0) is 15.3. The van der Waals surface area contributed by atoms with Crippen molar-refractivity contribution in [1.82, 2.24) is 15.1 Å². The minimum atomic E-state index is 0. The van der Waals surface area contributed by atoms with Crippen LogP contribution in [-0.2, 0) is 0 Å². The van der Waals surface area contributed by atoms with Crippen LogP contribution in [0.5, 0.6) is 0 Å². The topological polar surface area (TPSA) is 56.9 Å². The molecule has 5 nitrogen and oxygen atoms in total. The third-order valence-corrected chi connectivity index (χ3v) is 4.92. The van der Waals surface area contributed by atoms with Gasteiger partial charge in [-0.15, -0.1) is 24.0 Å². The van der Waals surface area contributed by atoms with E-state index in [0.29, 0.717) is 12.0 Å². The Morgan fingerprint density at radius 2 is 1.73 bits per heavy atom. The Bertz CT molecular complexity index is 344. The van der Waals surface area contributed by atoms with Crippen LogP contribution in [0.1, 0.15) is 46.0 Å². The van der Waals surface area contributed by atoms with Crippen LogP contribution in [0.15, 0.2) is 4.99 Å². The molecule has 0 aromatic carbocycles. The lowest BCUT2D eigenvalue weighted by molar-refractivity contribution is 0.0208. The van der Waals surface area contributed by atoms with E-state index in [1.54, 1.807) is 0 Å². The van der Waals surface area contributed by atoms with Gasteiger partial charge < -0.3 is 16.0 Å². The van der Waals surface area contributed by atoms with Crippen molar-refractivity contribution in [3.63, 3.8) is 0 Å². The summed E-state index contributed by atoms with van der Waals surface area (Å²) in [5.74, 6) is 0.598. The highest BCUT2D eigenvalue weighted by Gasteiger charge is 2.39. The van der Waals surface area contributed by atoms with Gasteiger partial charge >= 0.3 is 0 Å². The van der Waals surface area contributed by atoms with E-state index >= 15 is 0 Å². The van der Waals surface area contributed by atoms with Gasteiger partial charge in [-0.3, -0.25) is 9.89 Å². The van der Waals surface area contributed by atoms with Crippen molar-refractivity contribution in [1.29, 1.82) is 0 Å². The Hall–Kier alpha value is -0.0800. The van der Waals surface area contributed by atoms with Gasteiger partial charge in [0.15, 0.2) is 5.96 Å². The Balaban J connectivity index is 0.00000242. The first kappa shape index (κ1) is 20.0. The van der Waals surface area contributed by atoms with Gasteiger partial charge in [0.05, 0.1) is 6.54 Å². The first-order valence-electron chi connectivity index (χ1n) is 8.52. The molecule has 2 heterocycles. The van der Waals surface area contributed by atoms with E-state index in [0.717, 1.165) is 6.54 Å². The molecular formula is C16H34IN5. The van der Waals surface area contributed by atoms with Crippen LogP contribution in [0.25, 0.3) is 0 Å². The summed E-state index contributed by atoms with van der Waals surface area (Å²) < 4.78 is 0. The molecule has 0 bridgehead atoms. The van der Waals surface area contributed by atoms with E-state index in [9.17, 15) is 0 Å². The molecule has 2 saturated heterocycles. The number of halogens is 1. The average Bonchev–Trinajstić information content (AvgIpc) is 2.47. The summed E-state index contributed by atoms with van der Waals surface area (Å²) in [6.45, 7) is 9.84. The van der Waals surface area contributed by atoms with Crippen molar-refractivity contribution in [3.8, 4) is 0 Å². The maximum Gasteiger partial charge on any atom is 0.188 e. The SMILES string of the molecule is CC(C)NC(N)=NCC1(N2CCCCC2)CCN(C)CC1.I. The molecule has 0 amide bonds. The van der Waals surface area contributed by atoms with Crippen molar-refractivity contribution >= 4 is 29.9 Å². The van der Waals surface area contributed by atoms with Crippen LogP contribution < -0.4 is 11.1 Å². The molecule has 2 aliphatic rings. The molecule has 2 rings (SSSR count). The fraction of sp³-hybridized carbons (Fsp3) is 0.938. The van der Waals surface area contributed by atoms with Crippen LogP contribution in [0, 0.1) is 0 Å². The van der Waals surface area contributed by atoms with E-state index in [4.69, 9.17) is 5.73 Å². The number of nitrogens with two attached hydrogens (primary N) is 1. The highest BCUT2D eigenvalue weighted by molar-refractivity contribution is 14.0. The molecule has 0 unspecified atom stereocenters. The average molecular weight is 423 g/mol. The van der Waals surface area contributed by atoms with E-state index in [2.05, 4.69) is 41.0 Å². The predicted molar refractivity (Wildman–Crippen MR) is 105 cm³/mol. The minimum absolute atomic E-state index is 0. The molecule has 0 aromatic rings. The highest BCUT2D eigenvalue weighted by atomic mass is 127. The van der Waals surface area contributed by atoms with Crippen molar-refractivity contribution in [2.45, 2.75) is 57.5 Å². The van der Waals surface area contributed by atoms with Gasteiger partial charge in [0, 0.05) is 11.6 Å². The molecule has 0 radical (unpaired) electrons. The zero-order valence-electron chi connectivity index (χ0n) is 14.5. The molecule has 0 aliphatic carbocycles. The molecule has 0 saturated carbocycles. The standard InChI is InChI=1S/C16H33N5.HI/c1-14(2)19-15(17)18-13-16(7-11-20(3)12-8-16)21-9-5-4-6-10-21;/h14H,4-13H2,1-3H3,(H3,17,18,19);1H. The molecule has 0 atom stereocenters. The zero-order valence-corrected chi connectivity index (χ0v) is 16.8. The number of hydrogen-bond donors (Lipinski definition) is 2. The lowest BCUT2D eigenvalue weighted by atomic mass is 9.84. The van der Waals surface area contributed by atoms with Gasteiger partial charge in [0.25, 0.3) is 0 Å². The number of rotatable bonds is 4. The third kappa shape index (κ3) is 5.53. The highest BCUT2D eigenvalue weighted by Crippen LogP contribution is 2.31. The molecule has 0 spiro atoms. The second-order valence-electron chi connectivity index (χ2n) is 7.08. The number of guanidine groups is 1. The van der Waals surface area contributed by atoms with E-state index < -0.39 is 0 Å². The van der Waals surface area contributed by atoms with Gasteiger partial charge in [0.1, 0.15) is 0 Å². The van der Waals surface area contributed by atoms with Crippen LogP contribution in [0.4, 0.5) is 0 Å². The molecule has 3 N–H and O–H groups in total. The number of nitrogens with zero attached hydrogens (tertiary/aromatic N) is 3. The Morgan fingerprint density at radius 1 is 1.14 bits per heavy atom. The number of aliphatic imine (C=N–C) groups is 1. The summed E-state index contributed by atoms with van der Waals surface area (Å²) in [6, 6.07) is 0.345. The monoisotopic (exact) mass is 423 g/mol. The fourth-order valence-electron chi connectivity index (χ4n) is 3.55. The van der Waals surface area contributed by atoms with Gasteiger partial charge in [0.2, 0.25) is 0 Å². The quantitative estimate of drug-likeness (QED) is 0.412. The largest absolute Gasteiger partial charge is 0.370 e. The fourth-order valence-corrected chi connectivity index (χ4v) is 3.55. The molecule has 6 heteroatoms. The van der Waals surface area contributed by atoms with Crippen molar-refractivity contribution in [2.24, 2.45) is 10.7 Å². The normalized spacial score (nSPS) is 24.1. The third-order valence-electron chi connectivity index (χ3n) is 4.92. The van der Waals surface area contributed by atoms with Crippen molar-refractivity contribution in [2.75, 3.05) is 39.8 Å². The number of hydrogen-bond acceptors (Lipinski definition) is 3. The Kier molecular flexibility index (Phi) is 8.42. The summed E-state index contributed by atoms with van der Waals surface area (Å²) in [5, 5.41) is 3.21. The first-order chi connectivity index (χ1) is 10.0. The van der Waals surface area contributed by atoms with Crippen LogP contribution in [-0.4, -0.2) is 67.1 Å². The molecule has 130 valence electrons. The Morgan fingerprint density at radius 3 is 2.27 bits per heavy atom.